The van der Waals surface area contributed by atoms with Crippen molar-refractivity contribution in [2.45, 2.75) is 18.9 Å². The zero-order valence-electron chi connectivity index (χ0n) is 16.8. The number of anilines is 1. The molecule has 1 aromatic rings. The summed E-state index contributed by atoms with van der Waals surface area (Å²) in [5, 5.41) is 5.83. The van der Waals surface area contributed by atoms with Crippen LogP contribution in [-0.2, 0) is 9.59 Å². The zero-order chi connectivity index (χ0) is 20.9. The van der Waals surface area contributed by atoms with E-state index < -0.39 is 0 Å². The lowest BCUT2D eigenvalue weighted by molar-refractivity contribution is -0.125. The van der Waals surface area contributed by atoms with Crippen LogP contribution >= 0.6 is 0 Å². The number of hydrogen-bond donors (Lipinski definition) is 2. The average molecular weight is 390 g/mol. The van der Waals surface area contributed by atoms with Crippen LogP contribution in [0.1, 0.15) is 33.6 Å². The third-order valence-electron chi connectivity index (χ3n) is 4.54. The van der Waals surface area contributed by atoms with Crippen molar-refractivity contribution in [1.29, 1.82) is 0 Å². The lowest BCUT2D eigenvalue weighted by atomic mass is 10.1. The Morgan fingerprint density at radius 1 is 1.18 bits per heavy atom. The van der Waals surface area contributed by atoms with Gasteiger partial charge in [0, 0.05) is 56.5 Å². The van der Waals surface area contributed by atoms with Gasteiger partial charge in [0.1, 0.15) is 6.29 Å². The second kappa shape index (κ2) is 12.7. The maximum Gasteiger partial charge on any atom is 0.237 e. The fourth-order valence-electron chi connectivity index (χ4n) is 2.91. The van der Waals surface area contributed by atoms with Crippen molar-refractivity contribution < 1.29 is 19.2 Å². The van der Waals surface area contributed by atoms with E-state index in [1.807, 2.05) is 25.1 Å². The van der Waals surface area contributed by atoms with Crippen LogP contribution in [0.5, 0.6) is 0 Å². The van der Waals surface area contributed by atoms with Crippen LogP contribution in [0.4, 0.5) is 5.69 Å². The number of benzene rings is 1. The van der Waals surface area contributed by atoms with E-state index in [0.29, 0.717) is 30.3 Å². The molecule has 28 heavy (non-hydrogen) atoms. The summed E-state index contributed by atoms with van der Waals surface area (Å²) in [6.07, 6.45) is 3.28. The molecule has 2 N–H and O–H groups in total. The molecule has 1 atom stereocenters. The minimum absolute atomic E-state index is 0.0400. The molecule has 0 aromatic heterocycles. The molecule has 1 aliphatic heterocycles. The standard InChI is InChI=1S/C12H14N2O2.C8H16N2O2/c15-8-10-1-2-12(7-11(10)9-16)14-5-3-13-4-6-14;1-9-8(12)7(10(2)3)5-4-6-11/h1-2,7-9,13H,3-6H2;6-7H,4-5H2,1-3H3,(H,9,12). The van der Waals surface area contributed by atoms with Crippen molar-refractivity contribution in [3.8, 4) is 0 Å². The number of nitrogens with one attached hydrogen (secondary N) is 2. The molecule has 2 rings (SSSR count). The van der Waals surface area contributed by atoms with Crippen molar-refractivity contribution in [3.05, 3.63) is 29.3 Å². The lowest BCUT2D eigenvalue weighted by Gasteiger charge is -2.29. The van der Waals surface area contributed by atoms with E-state index in [0.717, 1.165) is 44.4 Å². The highest BCUT2D eigenvalue weighted by atomic mass is 16.2. The number of amides is 1. The summed E-state index contributed by atoms with van der Waals surface area (Å²) < 4.78 is 0. The highest BCUT2D eigenvalue weighted by Gasteiger charge is 2.18. The molecule has 0 bridgehead atoms. The molecule has 0 spiro atoms. The normalized spacial score (nSPS) is 14.5. The third kappa shape index (κ3) is 7.21. The highest BCUT2D eigenvalue weighted by Crippen LogP contribution is 2.18. The van der Waals surface area contributed by atoms with Gasteiger partial charge in [0.15, 0.2) is 12.6 Å². The Balaban J connectivity index is 0.000000295. The zero-order valence-corrected chi connectivity index (χ0v) is 16.8. The van der Waals surface area contributed by atoms with Gasteiger partial charge in [-0.3, -0.25) is 19.3 Å². The Labute approximate surface area is 166 Å². The molecule has 1 amide bonds. The van der Waals surface area contributed by atoms with Crippen LogP contribution in [0.25, 0.3) is 0 Å². The van der Waals surface area contributed by atoms with Crippen molar-refractivity contribution in [2.75, 3.05) is 52.2 Å². The van der Waals surface area contributed by atoms with Crippen molar-refractivity contribution >= 4 is 30.5 Å². The predicted octanol–water partition coefficient (Wildman–Crippen LogP) is 0.363. The van der Waals surface area contributed by atoms with Crippen LogP contribution in [-0.4, -0.2) is 83.0 Å². The van der Waals surface area contributed by atoms with Gasteiger partial charge in [-0.05, 0) is 38.7 Å². The highest BCUT2D eigenvalue weighted by molar-refractivity contribution is 5.91. The summed E-state index contributed by atoms with van der Waals surface area (Å²) in [5.41, 5.74) is 1.93. The Morgan fingerprint density at radius 3 is 2.32 bits per heavy atom. The first-order chi connectivity index (χ1) is 13.5. The summed E-state index contributed by atoms with van der Waals surface area (Å²) in [6.45, 7) is 3.76. The molecule has 1 heterocycles. The predicted molar refractivity (Wildman–Crippen MR) is 109 cm³/mol. The maximum absolute atomic E-state index is 11.2. The van der Waals surface area contributed by atoms with E-state index in [2.05, 4.69) is 15.5 Å². The first-order valence-electron chi connectivity index (χ1n) is 9.30. The average Bonchev–Trinajstić information content (AvgIpc) is 2.74. The number of carbonyl (C=O) groups is 4. The minimum Gasteiger partial charge on any atom is -0.369 e. The van der Waals surface area contributed by atoms with E-state index in [1.54, 1.807) is 19.2 Å². The first kappa shape index (κ1) is 23.5. The fraction of sp³-hybridized carbons (Fsp3) is 0.500. The summed E-state index contributed by atoms with van der Waals surface area (Å²) >= 11 is 0. The molecule has 1 unspecified atom stereocenters. The molecule has 0 aliphatic carbocycles. The third-order valence-corrected chi connectivity index (χ3v) is 4.54. The molecule has 1 aromatic carbocycles. The number of aldehydes is 3. The summed E-state index contributed by atoms with van der Waals surface area (Å²) in [4.78, 5) is 46.8. The summed E-state index contributed by atoms with van der Waals surface area (Å²) in [5.74, 6) is -0.0400. The molecule has 0 radical (unpaired) electrons. The second-order valence-electron chi connectivity index (χ2n) is 6.62. The van der Waals surface area contributed by atoms with Crippen LogP contribution in [0.3, 0.4) is 0 Å². The van der Waals surface area contributed by atoms with E-state index in [-0.39, 0.29) is 11.9 Å². The number of carbonyl (C=O) groups excluding carboxylic acids is 4. The van der Waals surface area contributed by atoms with Gasteiger partial charge in [0.25, 0.3) is 0 Å². The van der Waals surface area contributed by atoms with Crippen LogP contribution in [0.15, 0.2) is 18.2 Å². The van der Waals surface area contributed by atoms with Crippen LogP contribution in [0.2, 0.25) is 0 Å². The number of nitrogens with zero attached hydrogens (tertiary/aromatic N) is 2. The van der Waals surface area contributed by atoms with Gasteiger partial charge in [-0.15, -0.1) is 0 Å². The summed E-state index contributed by atoms with van der Waals surface area (Å²) in [7, 11) is 5.25. The van der Waals surface area contributed by atoms with E-state index in [9.17, 15) is 19.2 Å². The minimum atomic E-state index is -0.194. The van der Waals surface area contributed by atoms with Gasteiger partial charge in [-0.1, -0.05) is 0 Å². The molecule has 1 fully saturated rings. The van der Waals surface area contributed by atoms with Gasteiger partial charge < -0.3 is 20.3 Å². The van der Waals surface area contributed by atoms with Gasteiger partial charge in [-0.2, -0.15) is 0 Å². The Morgan fingerprint density at radius 2 is 1.82 bits per heavy atom. The fourth-order valence-corrected chi connectivity index (χ4v) is 2.91. The Kier molecular flexibility index (Phi) is 10.7. The molecule has 8 nitrogen and oxygen atoms in total. The van der Waals surface area contributed by atoms with Crippen LogP contribution in [0, 0.1) is 0 Å². The van der Waals surface area contributed by atoms with Crippen molar-refractivity contribution in [1.82, 2.24) is 15.5 Å². The number of rotatable bonds is 8. The number of likely N-dealkylation sites (N-methyl/N-ethyl adjacent to an activating group) is 2. The molecule has 0 saturated carbocycles. The molecular weight excluding hydrogens is 360 g/mol. The van der Waals surface area contributed by atoms with Gasteiger partial charge >= 0.3 is 0 Å². The van der Waals surface area contributed by atoms with Gasteiger partial charge in [-0.25, -0.2) is 0 Å². The maximum atomic E-state index is 11.2. The van der Waals surface area contributed by atoms with E-state index in [1.165, 1.54) is 0 Å². The topological polar surface area (TPSA) is 98.8 Å². The van der Waals surface area contributed by atoms with Crippen molar-refractivity contribution in [2.24, 2.45) is 0 Å². The quantitative estimate of drug-likeness (QED) is 0.619. The lowest BCUT2D eigenvalue weighted by Crippen LogP contribution is -2.43. The number of piperazine rings is 1. The SMILES string of the molecule is CNC(=O)C(CCC=O)N(C)C.O=Cc1ccc(N2CCNCC2)cc1C=O. The first-order valence-corrected chi connectivity index (χ1v) is 9.30. The molecule has 1 saturated heterocycles. The molecule has 8 heteroatoms. The van der Waals surface area contributed by atoms with E-state index >= 15 is 0 Å². The van der Waals surface area contributed by atoms with E-state index in [4.69, 9.17) is 0 Å². The van der Waals surface area contributed by atoms with Gasteiger partial charge in [0.2, 0.25) is 5.91 Å². The molecule has 154 valence electrons. The van der Waals surface area contributed by atoms with Crippen molar-refractivity contribution in [3.63, 3.8) is 0 Å². The van der Waals surface area contributed by atoms with Crippen LogP contribution < -0.4 is 15.5 Å². The Hall–Kier alpha value is -2.58. The smallest absolute Gasteiger partial charge is 0.237 e. The largest absolute Gasteiger partial charge is 0.369 e. The monoisotopic (exact) mass is 390 g/mol. The molecular formula is C20H30N4O4. The number of hydrogen-bond acceptors (Lipinski definition) is 7. The summed E-state index contributed by atoms with van der Waals surface area (Å²) in [6, 6.07) is 5.18. The second-order valence-corrected chi connectivity index (χ2v) is 6.62. The Bertz CT molecular complexity index is 658. The molecule has 1 aliphatic rings. The van der Waals surface area contributed by atoms with Gasteiger partial charge in [0.05, 0.1) is 6.04 Å².